The number of aryl methyl sites for hydroxylation is 1. The molecule has 0 amide bonds. The summed E-state index contributed by atoms with van der Waals surface area (Å²) >= 11 is 0. The highest BCUT2D eigenvalue weighted by Gasteiger charge is 1.94. The van der Waals surface area contributed by atoms with Crippen molar-refractivity contribution in [3.63, 3.8) is 0 Å². The molecule has 0 radical (unpaired) electrons. The minimum absolute atomic E-state index is 0.724. The highest BCUT2D eigenvalue weighted by molar-refractivity contribution is 5.10. The number of unbranched alkanes of at least 4 members (excludes halogenated alkanes) is 1. The first kappa shape index (κ1) is 9.33. The van der Waals surface area contributed by atoms with Gasteiger partial charge in [0.1, 0.15) is 0 Å². The van der Waals surface area contributed by atoms with E-state index in [1.54, 1.807) is 0 Å². The lowest BCUT2D eigenvalue weighted by Gasteiger charge is -1.97. The van der Waals surface area contributed by atoms with Crippen LogP contribution in [0.1, 0.15) is 25.3 Å². The fraction of sp³-hybridized carbons (Fsp3) is 0.600. The number of rotatable bonds is 5. The van der Waals surface area contributed by atoms with Crippen LogP contribution in [0.3, 0.4) is 0 Å². The van der Waals surface area contributed by atoms with E-state index in [0.29, 0.717) is 0 Å². The molecule has 0 saturated carbocycles. The van der Waals surface area contributed by atoms with E-state index in [2.05, 4.69) is 30.0 Å². The molecule has 12 heavy (non-hydrogen) atoms. The zero-order valence-electron chi connectivity index (χ0n) is 7.79. The first-order chi connectivity index (χ1) is 5.86. The minimum atomic E-state index is 0.724. The van der Waals surface area contributed by atoms with Gasteiger partial charge in [-0.05, 0) is 24.5 Å². The van der Waals surface area contributed by atoms with Gasteiger partial charge >= 0.3 is 0 Å². The van der Waals surface area contributed by atoms with Crippen LogP contribution >= 0.6 is 0 Å². The molecular weight excluding hydrogens is 148 g/mol. The van der Waals surface area contributed by atoms with Crippen molar-refractivity contribution in [1.29, 1.82) is 0 Å². The van der Waals surface area contributed by atoms with E-state index in [9.17, 15) is 0 Å². The fourth-order valence-corrected chi connectivity index (χ4v) is 1.31. The van der Waals surface area contributed by atoms with Crippen LogP contribution in [0.25, 0.3) is 0 Å². The van der Waals surface area contributed by atoms with Gasteiger partial charge < -0.3 is 10.3 Å². The molecule has 0 fully saturated rings. The van der Waals surface area contributed by atoms with Crippen LogP contribution in [0.15, 0.2) is 18.5 Å². The van der Waals surface area contributed by atoms with E-state index in [1.807, 2.05) is 0 Å². The Morgan fingerprint density at radius 1 is 1.50 bits per heavy atom. The van der Waals surface area contributed by atoms with Gasteiger partial charge in [-0.2, -0.15) is 0 Å². The second-order valence-electron chi connectivity index (χ2n) is 3.15. The zero-order chi connectivity index (χ0) is 8.81. The molecule has 0 aliphatic heterocycles. The zero-order valence-corrected chi connectivity index (χ0v) is 7.79. The van der Waals surface area contributed by atoms with Gasteiger partial charge in [0.25, 0.3) is 0 Å². The third kappa shape index (κ3) is 2.70. The monoisotopic (exact) mass is 166 g/mol. The molecule has 0 bridgehead atoms. The molecule has 0 aliphatic rings. The van der Waals surface area contributed by atoms with E-state index in [-0.39, 0.29) is 0 Å². The predicted molar refractivity (Wildman–Crippen MR) is 52.1 cm³/mol. The molecule has 0 spiro atoms. The van der Waals surface area contributed by atoms with E-state index >= 15 is 0 Å². The van der Waals surface area contributed by atoms with Gasteiger partial charge in [-0.3, -0.25) is 0 Å². The summed E-state index contributed by atoms with van der Waals surface area (Å²) in [7, 11) is 0. The lowest BCUT2D eigenvalue weighted by atomic mass is 10.2. The summed E-state index contributed by atoms with van der Waals surface area (Å²) in [6, 6.07) is 2.19. The molecule has 1 heterocycles. The quantitative estimate of drug-likeness (QED) is 0.710. The third-order valence-corrected chi connectivity index (χ3v) is 2.02. The van der Waals surface area contributed by atoms with E-state index in [1.165, 1.54) is 24.8 Å². The number of nitrogens with two attached hydrogens (primary N) is 1. The van der Waals surface area contributed by atoms with E-state index < -0.39 is 0 Å². The summed E-state index contributed by atoms with van der Waals surface area (Å²) in [5, 5.41) is 0. The van der Waals surface area contributed by atoms with Crippen molar-refractivity contribution < 1.29 is 0 Å². The maximum absolute atomic E-state index is 5.45. The number of hydrogen-bond donors (Lipinski definition) is 1. The van der Waals surface area contributed by atoms with Crippen LogP contribution in [-0.2, 0) is 13.0 Å². The highest BCUT2D eigenvalue weighted by atomic mass is 14.9. The SMILES string of the molecule is CCCCc1ccn(CCN)c1. The van der Waals surface area contributed by atoms with Crippen LogP contribution in [0.5, 0.6) is 0 Å². The number of aromatic nitrogens is 1. The van der Waals surface area contributed by atoms with Gasteiger partial charge in [-0.1, -0.05) is 13.3 Å². The van der Waals surface area contributed by atoms with Crippen LogP contribution in [0.2, 0.25) is 0 Å². The van der Waals surface area contributed by atoms with Crippen molar-refractivity contribution in [2.75, 3.05) is 6.54 Å². The Morgan fingerprint density at radius 3 is 3.00 bits per heavy atom. The molecule has 0 unspecified atom stereocenters. The summed E-state index contributed by atoms with van der Waals surface area (Å²) in [6.45, 7) is 3.88. The molecular formula is C10H18N2. The molecule has 0 atom stereocenters. The molecule has 0 aliphatic carbocycles. The molecule has 0 aromatic carbocycles. The number of nitrogens with zero attached hydrogens (tertiary/aromatic N) is 1. The smallest absolute Gasteiger partial charge is 0.0342 e. The number of hydrogen-bond acceptors (Lipinski definition) is 1. The Kier molecular flexibility index (Phi) is 3.88. The summed E-state index contributed by atoms with van der Waals surface area (Å²) < 4.78 is 2.16. The van der Waals surface area contributed by atoms with Crippen molar-refractivity contribution in [1.82, 2.24) is 4.57 Å². The van der Waals surface area contributed by atoms with Crippen LogP contribution in [0.4, 0.5) is 0 Å². The Balaban J connectivity index is 2.41. The molecule has 68 valence electrons. The second-order valence-corrected chi connectivity index (χ2v) is 3.15. The minimum Gasteiger partial charge on any atom is -0.353 e. The summed E-state index contributed by atoms with van der Waals surface area (Å²) in [6.07, 6.45) is 8.06. The standard InChI is InChI=1S/C10H18N2/c1-2-3-4-10-5-7-12(9-10)8-6-11/h5,7,9H,2-4,6,8,11H2,1H3. The molecule has 1 aromatic rings. The van der Waals surface area contributed by atoms with Crippen molar-refractivity contribution in [3.05, 3.63) is 24.0 Å². The summed E-state index contributed by atoms with van der Waals surface area (Å²) in [5.74, 6) is 0. The summed E-state index contributed by atoms with van der Waals surface area (Å²) in [5.41, 5.74) is 6.88. The Bertz CT molecular complexity index is 215. The van der Waals surface area contributed by atoms with Gasteiger partial charge in [0, 0.05) is 25.5 Å². The molecule has 0 saturated heterocycles. The first-order valence-corrected chi connectivity index (χ1v) is 4.71. The Morgan fingerprint density at radius 2 is 2.33 bits per heavy atom. The van der Waals surface area contributed by atoms with Crippen LogP contribution in [0, 0.1) is 0 Å². The Labute approximate surface area is 74.4 Å². The first-order valence-electron chi connectivity index (χ1n) is 4.71. The molecule has 2 nitrogen and oxygen atoms in total. The van der Waals surface area contributed by atoms with Gasteiger partial charge in [0.05, 0.1) is 0 Å². The largest absolute Gasteiger partial charge is 0.353 e. The van der Waals surface area contributed by atoms with Gasteiger partial charge in [0.15, 0.2) is 0 Å². The molecule has 1 aromatic heterocycles. The lowest BCUT2D eigenvalue weighted by molar-refractivity contribution is 0.708. The maximum Gasteiger partial charge on any atom is 0.0342 e. The van der Waals surface area contributed by atoms with E-state index in [4.69, 9.17) is 5.73 Å². The highest BCUT2D eigenvalue weighted by Crippen LogP contribution is 2.05. The fourth-order valence-electron chi connectivity index (χ4n) is 1.31. The Hall–Kier alpha value is -0.760. The lowest BCUT2D eigenvalue weighted by Crippen LogP contribution is -2.07. The van der Waals surface area contributed by atoms with Crippen molar-refractivity contribution in [2.24, 2.45) is 5.73 Å². The average Bonchev–Trinajstić information content (AvgIpc) is 2.50. The van der Waals surface area contributed by atoms with Crippen LogP contribution < -0.4 is 5.73 Å². The average molecular weight is 166 g/mol. The third-order valence-electron chi connectivity index (χ3n) is 2.02. The topological polar surface area (TPSA) is 30.9 Å². The van der Waals surface area contributed by atoms with Crippen LogP contribution in [-0.4, -0.2) is 11.1 Å². The van der Waals surface area contributed by atoms with Gasteiger partial charge in [-0.25, -0.2) is 0 Å². The summed E-state index contributed by atoms with van der Waals surface area (Å²) in [4.78, 5) is 0. The van der Waals surface area contributed by atoms with Crippen molar-refractivity contribution >= 4 is 0 Å². The van der Waals surface area contributed by atoms with Crippen molar-refractivity contribution in [2.45, 2.75) is 32.7 Å². The van der Waals surface area contributed by atoms with Gasteiger partial charge in [0.2, 0.25) is 0 Å². The van der Waals surface area contributed by atoms with E-state index in [0.717, 1.165) is 13.1 Å². The van der Waals surface area contributed by atoms with Gasteiger partial charge in [-0.15, -0.1) is 0 Å². The molecule has 2 N–H and O–H groups in total. The predicted octanol–water partition coefficient (Wildman–Crippen LogP) is 1.79. The van der Waals surface area contributed by atoms with Crippen molar-refractivity contribution in [3.8, 4) is 0 Å². The molecule has 2 heteroatoms. The molecule has 1 rings (SSSR count). The second kappa shape index (κ2) is 4.99. The maximum atomic E-state index is 5.45. The normalized spacial score (nSPS) is 10.5.